The van der Waals surface area contributed by atoms with Crippen molar-refractivity contribution in [1.82, 2.24) is 9.97 Å². The van der Waals surface area contributed by atoms with Gasteiger partial charge in [-0.3, -0.25) is 4.79 Å². The van der Waals surface area contributed by atoms with Crippen molar-refractivity contribution in [2.45, 2.75) is 18.3 Å². The summed E-state index contributed by atoms with van der Waals surface area (Å²) in [5.41, 5.74) is 1.01. The van der Waals surface area contributed by atoms with E-state index in [1.165, 1.54) is 0 Å². The van der Waals surface area contributed by atoms with E-state index in [4.69, 9.17) is 11.6 Å². The van der Waals surface area contributed by atoms with Crippen molar-refractivity contribution in [2.24, 2.45) is 0 Å². The number of halogens is 4. The van der Waals surface area contributed by atoms with E-state index in [1.807, 2.05) is 6.92 Å². The lowest BCUT2D eigenvalue weighted by Crippen LogP contribution is -2.15. The molecular weight excluding hydrogens is 423 g/mol. The van der Waals surface area contributed by atoms with Crippen LogP contribution in [0.25, 0.3) is 11.3 Å². The van der Waals surface area contributed by atoms with Gasteiger partial charge in [-0.05, 0) is 25.1 Å². The van der Waals surface area contributed by atoms with Crippen molar-refractivity contribution in [2.75, 3.05) is 11.1 Å². The summed E-state index contributed by atoms with van der Waals surface area (Å²) in [5, 5.41) is 2.84. The maximum atomic E-state index is 13.3. The first-order chi connectivity index (χ1) is 13.7. The van der Waals surface area contributed by atoms with Gasteiger partial charge in [-0.15, -0.1) is 0 Å². The zero-order valence-corrected chi connectivity index (χ0v) is 16.7. The number of amides is 1. The Morgan fingerprint density at radius 1 is 1.10 bits per heavy atom. The quantitative estimate of drug-likeness (QED) is 0.401. The van der Waals surface area contributed by atoms with Gasteiger partial charge in [0.05, 0.1) is 22.2 Å². The number of hydrogen-bond acceptors (Lipinski definition) is 4. The van der Waals surface area contributed by atoms with E-state index in [0.717, 1.165) is 23.4 Å². The Morgan fingerprint density at radius 2 is 1.79 bits per heavy atom. The Hall–Kier alpha value is -2.58. The highest BCUT2D eigenvalue weighted by atomic mass is 35.5. The van der Waals surface area contributed by atoms with E-state index in [1.54, 1.807) is 48.5 Å². The first-order valence-electron chi connectivity index (χ1n) is 8.43. The van der Waals surface area contributed by atoms with Crippen LogP contribution in [0, 0.1) is 6.92 Å². The van der Waals surface area contributed by atoms with Crippen molar-refractivity contribution in [3.05, 3.63) is 70.9 Å². The maximum Gasteiger partial charge on any atom is 0.433 e. The maximum absolute atomic E-state index is 13.3. The fraction of sp³-hybridized carbons (Fsp3) is 0.150. The van der Waals surface area contributed by atoms with Gasteiger partial charge >= 0.3 is 6.18 Å². The summed E-state index contributed by atoms with van der Waals surface area (Å²) in [6.07, 6.45) is -4.63. The van der Waals surface area contributed by atoms with Crippen LogP contribution in [-0.4, -0.2) is 21.6 Å². The second-order valence-corrected chi connectivity index (χ2v) is 7.45. The molecular formula is C20H15ClF3N3OS. The molecule has 0 aliphatic carbocycles. The zero-order valence-electron chi connectivity index (χ0n) is 15.1. The fourth-order valence-electron chi connectivity index (χ4n) is 2.39. The number of rotatable bonds is 5. The van der Waals surface area contributed by atoms with Gasteiger partial charge in [-0.2, -0.15) is 13.2 Å². The Morgan fingerprint density at radius 3 is 2.45 bits per heavy atom. The predicted molar refractivity (Wildman–Crippen MR) is 108 cm³/mol. The number of aromatic nitrogens is 2. The van der Waals surface area contributed by atoms with Gasteiger partial charge in [0.2, 0.25) is 5.91 Å². The van der Waals surface area contributed by atoms with E-state index in [2.05, 4.69) is 15.3 Å². The SMILES string of the molecule is Cc1ccc(-c2cc(C(F)(F)F)nc(SCC(=O)Nc3ccccc3Cl)n2)cc1. The Kier molecular flexibility index (Phi) is 6.44. The molecule has 0 unspecified atom stereocenters. The van der Waals surface area contributed by atoms with E-state index in [0.29, 0.717) is 16.3 Å². The van der Waals surface area contributed by atoms with Crippen molar-refractivity contribution >= 4 is 35.0 Å². The van der Waals surface area contributed by atoms with Gasteiger partial charge in [0.15, 0.2) is 5.16 Å². The van der Waals surface area contributed by atoms with Crippen LogP contribution in [0.2, 0.25) is 5.02 Å². The number of aryl methyl sites for hydroxylation is 1. The summed E-state index contributed by atoms with van der Waals surface area (Å²) in [5.74, 6) is -0.596. The van der Waals surface area contributed by atoms with E-state index < -0.39 is 17.8 Å². The summed E-state index contributed by atoms with van der Waals surface area (Å²) < 4.78 is 39.8. The van der Waals surface area contributed by atoms with Crippen LogP contribution in [0.3, 0.4) is 0 Å². The second-order valence-electron chi connectivity index (χ2n) is 6.10. The predicted octanol–water partition coefficient (Wildman–Crippen LogP) is 5.86. The second kappa shape index (κ2) is 8.84. The van der Waals surface area contributed by atoms with Gasteiger partial charge in [0.25, 0.3) is 0 Å². The topological polar surface area (TPSA) is 54.9 Å². The molecule has 0 atom stereocenters. The third kappa shape index (κ3) is 5.71. The summed E-state index contributed by atoms with van der Waals surface area (Å²) in [6.45, 7) is 1.88. The van der Waals surface area contributed by atoms with E-state index in [9.17, 15) is 18.0 Å². The summed E-state index contributed by atoms with van der Waals surface area (Å²) in [7, 11) is 0. The number of para-hydroxylation sites is 1. The molecule has 9 heteroatoms. The number of carbonyl (C=O) groups excluding carboxylic acids is 1. The molecule has 0 spiro atoms. The van der Waals surface area contributed by atoms with Crippen LogP contribution in [-0.2, 0) is 11.0 Å². The molecule has 29 heavy (non-hydrogen) atoms. The number of benzene rings is 2. The number of alkyl halides is 3. The van der Waals surface area contributed by atoms with Gasteiger partial charge in [-0.1, -0.05) is 65.3 Å². The van der Waals surface area contributed by atoms with Gasteiger partial charge in [-0.25, -0.2) is 9.97 Å². The molecule has 0 radical (unpaired) electrons. The van der Waals surface area contributed by atoms with Crippen LogP contribution in [0.15, 0.2) is 59.8 Å². The molecule has 0 aliphatic heterocycles. The monoisotopic (exact) mass is 437 g/mol. The Labute approximate surface area is 174 Å². The van der Waals surface area contributed by atoms with Crippen LogP contribution in [0.4, 0.5) is 18.9 Å². The van der Waals surface area contributed by atoms with Gasteiger partial charge in [0.1, 0.15) is 5.69 Å². The average Bonchev–Trinajstić information content (AvgIpc) is 2.68. The third-order valence-electron chi connectivity index (χ3n) is 3.82. The van der Waals surface area contributed by atoms with Crippen LogP contribution >= 0.6 is 23.4 Å². The highest BCUT2D eigenvalue weighted by Crippen LogP contribution is 2.32. The van der Waals surface area contributed by atoms with Crippen LogP contribution < -0.4 is 5.32 Å². The first kappa shape index (κ1) is 21.1. The summed E-state index contributed by atoms with van der Waals surface area (Å²) in [6, 6.07) is 14.5. The molecule has 1 heterocycles. The van der Waals surface area contributed by atoms with Crippen molar-refractivity contribution < 1.29 is 18.0 Å². The average molecular weight is 438 g/mol. The van der Waals surface area contributed by atoms with Crippen LogP contribution in [0.1, 0.15) is 11.3 Å². The Bertz CT molecular complexity index is 1030. The minimum atomic E-state index is -4.63. The third-order valence-corrected chi connectivity index (χ3v) is 5.00. The normalized spacial score (nSPS) is 11.3. The molecule has 1 aromatic heterocycles. The lowest BCUT2D eigenvalue weighted by atomic mass is 10.1. The first-order valence-corrected chi connectivity index (χ1v) is 9.79. The molecule has 0 aliphatic rings. The highest BCUT2D eigenvalue weighted by Gasteiger charge is 2.34. The number of thioether (sulfide) groups is 1. The van der Waals surface area contributed by atoms with E-state index in [-0.39, 0.29) is 16.6 Å². The molecule has 0 saturated carbocycles. The van der Waals surface area contributed by atoms with Gasteiger partial charge < -0.3 is 5.32 Å². The summed E-state index contributed by atoms with van der Waals surface area (Å²) >= 11 is 6.80. The molecule has 150 valence electrons. The molecule has 0 bridgehead atoms. The zero-order chi connectivity index (χ0) is 21.0. The Balaban J connectivity index is 1.80. The standard InChI is InChI=1S/C20H15ClF3N3OS/c1-12-6-8-13(9-7-12)16-10-17(20(22,23)24)27-19(26-16)29-11-18(28)25-15-5-3-2-4-14(15)21/h2-10H,11H2,1H3,(H,25,28). The van der Waals surface area contributed by atoms with Crippen LogP contribution in [0.5, 0.6) is 0 Å². The lowest BCUT2D eigenvalue weighted by Gasteiger charge is -2.11. The number of anilines is 1. The lowest BCUT2D eigenvalue weighted by molar-refractivity contribution is -0.141. The minimum absolute atomic E-state index is 0.135. The molecule has 0 fully saturated rings. The van der Waals surface area contributed by atoms with Crippen molar-refractivity contribution in [3.8, 4) is 11.3 Å². The minimum Gasteiger partial charge on any atom is -0.324 e. The smallest absolute Gasteiger partial charge is 0.324 e. The molecule has 1 amide bonds. The molecule has 1 N–H and O–H groups in total. The summed E-state index contributed by atoms with van der Waals surface area (Å²) in [4.78, 5) is 19.9. The largest absolute Gasteiger partial charge is 0.433 e. The molecule has 4 nitrogen and oxygen atoms in total. The number of nitrogens with one attached hydrogen (secondary N) is 1. The molecule has 2 aromatic carbocycles. The van der Waals surface area contributed by atoms with Crippen molar-refractivity contribution in [3.63, 3.8) is 0 Å². The molecule has 3 rings (SSSR count). The highest BCUT2D eigenvalue weighted by molar-refractivity contribution is 7.99. The molecule has 3 aromatic rings. The number of nitrogens with zero attached hydrogens (tertiary/aromatic N) is 2. The number of hydrogen-bond donors (Lipinski definition) is 1. The van der Waals surface area contributed by atoms with E-state index >= 15 is 0 Å². The fourth-order valence-corrected chi connectivity index (χ4v) is 3.23. The number of carbonyl (C=O) groups is 1. The van der Waals surface area contributed by atoms with Crippen molar-refractivity contribution in [1.29, 1.82) is 0 Å². The molecule has 0 saturated heterocycles. The van der Waals surface area contributed by atoms with Gasteiger partial charge in [0, 0.05) is 5.56 Å².